The summed E-state index contributed by atoms with van der Waals surface area (Å²) in [6.45, 7) is 6.60. The average Bonchev–Trinajstić information content (AvgIpc) is 3.58. The van der Waals surface area contributed by atoms with E-state index in [4.69, 9.17) is 0 Å². The highest BCUT2D eigenvalue weighted by atomic mass is 19.1. The number of fused-ring (bicyclic) bond motifs is 1. The van der Waals surface area contributed by atoms with Gasteiger partial charge in [0.15, 0.2) is 0 Å². The van der Waals surface area contributed by atoms with Gasteiger partial charge in [-0.05, 0) is 54.2 Å². The standard InChI is InChI=1S/C27H27F2N7/c1-27(2,3)15-31-25-20-12-18(8-11-22(20)33-26(29)21(25)13-30)32-24(16-4-6-17(28)7-5-16)23-14-36(35-34-23)19-9-10-19/h4-8,11-12,14,19,24,32H,9-10,15H2,1-3H3,(H,31,33)/i24D. The molecule has 0 amide bonds. The normalized spacial score (nSPS) is 15.7. The summed E-state index contributed by atoms with van der Waals surface area (Å²) in [5.41, 5.74) is 1.77. The number of nitrogens with one attached hydrogen (secondary N) is 2. The molecule has 9 heteroatoms. The molecule has 0 radical (unpaired) electrons. The summed E-state index contributed by atoms with van der Waals surface area (Å²) < 4.78 is 39.6. The Morgan fingerprint density at radius 3 is 2.61 bits per heavy atom. The van der Waals surface area contributed by atoms with Crippen LogP contribution in [0.25, 0.3) is 10.9 Å². The molecule has 2 aromatic heterocycles. The lowest BCUT2D eigenvalue weighted by Crippen LogP contribution is -2.20. The molecule has 4 aromatic rings. The van der Waals surface area contributed by atoms with Crippen molar-refractivity contribution in [3.63, 3.8) is 0 Å². The van der Waals surface area contributed by atoms with Crippen LogP contribution >= 0.6 is 0 Å². The molecule has 184 valence electrons. The molecule has 2 heterocycles. The predicted molar refractivity (Wildman–Crippen MR) is 135 cm³/mol. The molecule has 1 aliphatic rings. The molecule has 1 fully saturated rings. The van der Waals surface area contributed by atoms with Crippen LogP contribution in [0, 0.1) is 28.5 Å². The fraction of sp³-hybridized carbons (Fsp3) is 0.333. The summed E-state index contributed by atoms with van der Waals surface area (Å²) in [4.78, 5) is 3.97. The number of benzene rings is 2. The zero-order valence-corrected chi connectivity index (χ0v) is 20.3. The molecule has 2 N–H and O–H groups in total. The van der Waals surface area contributed by atoms with Crippen LogP contribution in [-0.4, -0.2) is 26.5 Å². The van der Waals surface area contributed by atoms with E-state index in [9.17, 15) is 15.4 Å². The molecule has 2 aromatic carbocycles. The molecule has 1 unspecified atom stereocenters. The van der Waals surface area contributed by atoms with Crippen LogP contribution in [0.1, 0.15) is 63.9 Å². The number of anilines is 2. The molecule has 5 rings (SSSR count). The van der Waals surface area contributed by atoms with E-state index in [1.807, 2.05) is 26.8 Å². The Labute approximate surface area is 209 Å². The summed E-state index contributed by atoms with van der Waals surface area (Å²) in [6, 6.07) is 11.3. The minimum atomic E-state index is -1.60. The van der Waals surface area contributed by atoms with Crippen molar-refractivity contribution in [2.45, 2.75) is 45.7 Å². The highest BCUT2D eigenvalue weighted by Gasteiger charge is 2.27. The third-order valence-electron chi connectivity index (χ3n) is 5.94. The largest absolute Gasteiger partial charge is 0.383 e. The van der Waals surface area contributed by atoms with Gasteiger partial charge in [0.1, 0.15) is 23.1 Å². The van der Waals surface area contributed by atoms with Gasteiger partial charge in [-0.3, -0.25) is 0 Å². The number of nitriles is 1. The Morgan fingerprint density at radius 1 is 1.19 bits per heavy atom. The number of halogens is 2. The maximum absolute atomic E-state index is 14.7. The van der Waals surface area contributed by atoms with Gasteiger partial charge in [0.05, 0.1) is 30.8 Å². The summed E-state index contributed by atoms with van der Waals surface area (Å²) >= 11 is 0. The van der Waals surface area contributed by atoms with E-state index in [1.165, 1.54) is 24.3 Å². The van der Waals surface area contributed by atoms with Crippen LogP contribution in [0.5, 0.6) is 0 Å². The maximum atomic E-state index is 14.7. The lowest BCUT2D eigenvalue weighted by atomic mass is 9.96. The Hall–Kier alpha value is -4.06. The van der Waals surface area contributed by atoms with Gasteiger partial charge in [-0.15, -0.1) is 5.10 Å². The van der Waals surface area contributed by atoms with E-state index in [1.54, 1.807) is 29.1 Å². The Morgan fingerprint density at radius 2 is 1.94 bits per heavy atom. The van der Waals surface area contributed by atoms with Gasteiger partial charge in [-0.25, -0.2) is 14.1 Å². The SMILES string of the molecule is [2H]C(Nc1ccc2nc(F)c(C#N)c(NCC(C)(C)C)c2c1)(c1ccc(F)cc1)c1cn(C2CC2)nn1. The fourth-order valence-electron chi connectivity index (χ4n) is 3.90. The number of hydrogen-bond acceptors (Lipinski definition) is 6. The zero-order chi connectivity index (χ0) is 26.4. The van der Waals surface area contributed by atoms with Crippen molar-refractivity contribution < 1.29 is 10.2 Å². The van der Waals surface area contributed by atoms with Gasteiger partial charge in [0, 0.05) is 17.6 Å². The van der Waals surface area contributed by atoms with Gasteiger partial charge < -0.3 is 10.6 Å². The van der Waals surface area contributed by atoms with Gasteiger partial charge in [0.2, 0.25) is 5.95 Å². The molecule has 0 bridgehead atoms. The number of nitrogens with zero attached hydrogens (tertiary/aromatic N) is 5. The minimum Gasteiger partial charge on any atom is -0.383 e. The molecule has 0 saturated heterocycles. The summed E-state index contributed by atoms with van der Waals surface area (Å²) in [6.07, 6.45) is 3.76. The molecular weight excluding hydrogens is 460 g/mol. The van der Waals surface area contributed by atoms with Gasteiger partial charge >= 0.3 is 0 Å². The van der Waals surface area contributed by atoms with E-state index >= 15 is 0 Å². The van der Waals surface area contributed by atoms with E-state index in [0.29, 0.717) is 40.1 Å². The van der Waals surface area contributed by atoms with Crippen molar-refractivity contribution in [1.82, 2.24) is 20.0 Å². The van der Waals surface area contributed by atoms with E-state index < -0.39 is 17.8 Å². The Kier molecular flexibility index (Phi) is 5.72. The van der Waals surface area contributed by atoms with Crippen molar-refractivity contribution in [1.29, 1.82) is 5.26 Å². The first-order chi connectivity index (χ1) is 17.6. The van der Waals surface area contributed by atoms with Crippen molar-refractivity contribution in [3.8, 4) is 6.07 Å². The van der Waals surface area contributed by atoms with Crippen LogP contribution in [0.2, 0.25) is 0 Å². The van der Waals surface area contributed by atoms with Crippen molar-refractivity contribution >= 4 is 22.3 Å². The first-order valence-corrected chi connectivity index (χ1v) is 11.8. The molecule has 0 aliphatic heterocycles. The molecule has 7 nitrogen and oxygen atoms in total. The van der Waals surface area contributed by atoms with Crippen LogP contribution in [0.15, 0.2) is 48.7 Å². The summed E-state index contributed by atoms with van der Waals surface area (Å²) in [5, 5.41) is 25.1. The third-order valence-corrected chi connectivity index (χ3v) is 5.94. The second-order valence-corrected chi connectivity index (χ2v) is 10.2. The molecule has 1 aliphatic carbocycles. The van der Waals surface area contributed by atoms with Gasteiger partial charge in [-0.2, -0.15) is 9.65 Å². The zero-order valence-electron chi connectivity index (χ0n) is 21.3. The van der Waals surface area contributed by atoms with Gasteiger partial charge in [-0.1, -0.05) is 38.1 Å². The smallest absolute Gasteiger partial charge is 0.233 e. The van der Waals surface area contributed by atoms with E-state index in [2.05, 4.69) is 25.9 Å². The lowest BCUT2D eigenvalue weighted by Gasteiger charge is -2.22. The molecule has 0 spiro atoms. The lowest BCUT2D eigenvalue weighted by molar-refractivity contribution is 0.443. The van der Waals surface area contributed by atoms with E-state index in [-0.39, 0.29) is 17.0 Å². The van der Waals surface area contributed by atoms with Gasteiger partial charge in [0.25, 0.3) is 0 Å². The van der Waals surface area contributed by atoms with Crippen molar-refractivity contribution in [2.75, 3.05) is 17.2 Å². The van der Waals surface area contributed by atoms with Crippen molar-refractivity contribution in [2.24, 2.45) is 5.41 Å². The first kappa shape index (κ1) is 22.4. The third kappa shape index (κ3) is 4.98. The van der Waals surface area contributed by atoms with E-state index in [0.717, 1.165) is 12.8 Å². The number of rotatable bonds is 7. The summed E-state index contributed by atoms with van der Waals surface area (Å²) in [7, 11) is 0. The van der Waals surface area contributed by atoms with Crippen LogP contribution in [-0.2, 0) is 0 Å². The topological polar surface area (TPSA) is 91.5 Å². The molecule has 36 heavy (non-hydrogen) atoms. The number of aromatic nitrogens is 4. The second kappa shape index (κ2) is 9.19. The predicted octanol–water partition coefficient (Wildman–Crippen LogP) is 5.97. The Balaban J connectivity index is 1.60. The molecule has 1 atom stereocenters. The Bertz CT molecular complexity index is 1500. The van der Waals surface area contributed by atoms with Crippen LogP contribution in [0.3, 0.4) is 0 Å². The number of pyridine rings is 1. The molecule has 1 saturated carbocycles. The van der Waals surface area contributed by atoms with Crippen molar-refractivity contribution in [3.05, 3.63) is 77.2 Å². The quantitative estimate of drug-likeness (QED) is 0.312. The minimum absolute atomic E-state index is 0.124. The number of hydrogen-bond donors (Lipinski definition) is 2. The highest BCUT2D eigenvalue weighted by molar-refractivity contribution is 5.96. The molecular formula is C27H27F2N7. The highest BCUT2D eigenvalue weighted by Crippen LogP contribution is 2.36. The summed E-state index contributed by atoms with van der Waals surface area (Å²) in [5.74, 6) is -1.25. The average molecular weight is 489 g/mol. The maximum Gasteiger partial charge on any atom is 0.233 e. The van der Waals surface area contributed by atoms with Crippen LogP contribution in [0.4, 0.5) is 20.2 Å². The first-order valence-electron chi connectivity index (χ1n) is 12.3. The second-order valence-electron chi connectivity index (χ2n) is 10.2. The fourth-order valence-corrected chi connectivity index (χ4v) is 3.90. The van der Waals surface area contributed by atoms with Crippen LogP contribution < -0.4 is 10.6 Å². The monoisotopic (exact) mass is 488 g/mol.